The highest BCUT2D eigenvalue weighted by molar-refractivity contribution is 5.77. The van der Waals surface area contributed by atoms with E-state index in [4.69, 9.17) is 4.74 Å². The number of ether oxygens (including phenoxy) is 1. The van der Waals surface area contributed by atoms with E-state index in [2.05, 4.69) is 14.8 Å². The van der Waals surface area contributed by atoms with Crippen molar-refractivity contribution in [3.63, 3.8) is 0 Å². The first-order valence-corrected chi connectivity index (χ1v) is 7.38. The molecular formula is C16H19N3O2. The molecule has 1 atom stereocenters. The summed E-state index contributed by atoms with van der Waals surface area (Å²) in [5.74, 6) is 1.26. The summed E-state index contributed by atoms with van der Waals surface area (Å²) in [4.78, 5) is 12.1. The van der Waals surface area contributed by atoms with E-state index in [-0.39, 0.29) is 18.5 Å². The van der Waals surface area contributed by atoms with E-state index in [1.165, 1.54) is 0 Å². The number of esters is 1. The molecule has 1 aromatic carbocycles. The van der Waals surface area contributed by atoms with Gasteiger partial charge in [-0.3, -0.25) is 4.79 Å². The number of benzene rings is 1. The number of aromatic nitrogens is 3. The molecule has 0 aliphatic carbocycles. The number of nitrogens with zero attached hydrogens (tertiary/aromatic N) is 3. The monoisotopic (exact) mass is 285 g/mol. The maximum atomic E-state index is 12.1. The van der Waals surface area contributed by atoms with Gasteiger partial charge in [0.25, 0.3) is 0 Å². The Kier molecular flexibility index (Phi) is 3.99. The standard InChI is InChI=1S/C16H19N3O2/c1-12(13-7-3-2-4-8-13)16(20)21-11-15-18-17-14-9-5-6-10-19(14)15/h2-4,7-8,12H,5-6,9-11H2,1H3/t12-/m0/s1. The summed E-state index contributed by atoms with van der Waals surface area (Å²) >= 11 is 0. The van der Waals surface area contributed by atoms with E-state index in [0.29, 0.717) is 0 Å². The second-order valence-electron chi connectivity index (χ2n) is 5.38. The molecule has 0 spiro atoms. The summed E-state index contributed by atoms with van der Waals surface area (Å²) in [5.41, 5.74) is 0.964. The number of hydrogen-bond acceptors (Lipinski definition) is 4. The molecule has 0 radical (unpaired) electrons. The van der Waals surface area contributed by atoms with Crippen molar-refractivity contribution in [1.82, 2.24) is 14.8 Å². The number of rotatable bonds is 4. The molecule has 0 amide bonds. The molecular weight excluding hydrogens is 266 g/mol. The van der Waals surface area contributed by atoms with Crippen molar-refractivity contribution in [2.75, 3.05) is 0 Å². The third kappa shape index (κ3) is 2.96. The van der Waals surface area contributed by atoms with Crippen LogP contribution in [-0.4, -0.2) is 20.7 Å². The van der Waals surface area contributed by atoms with Crippen molar-refractivity contribution in [3.05, 3.63) is 47.5 Å². The fourth-order valence-corrected chi connectivity index (χ4v) is 2.61. The van der Waals surface area contributed by atoms with Crippen LogP contribution in [0.25, 0.3) is 0 Å². The number of fused-ring (bicyclic) bond motifs is 1. The summed E-state index contributed by atoms with van der Waals surface area (Å²) in [5, 5.41) is 8.30. The van der Waals surface area contributed by atoms with E-state index >= 15 is 0 Å². The predicted octanol–water partition coefficient (Wildman–Crippen LogP) is 2.46. The smallest absolute Gasteiger partial charge is 0.313 e. The van der Waals surface area contributed by atoms with Gasteiger partial charge in [0.2, 0.25) is 0 Å². The zero-order valence-corrected chi connectivity index (χ0v) is 12.2. The lowest BCUT2D eigenvalue weighted by Gasteiger charge is -2.15. The van der Waals surface area contributed by atoms with Gasteiger partial charge in [0.05, 0.1) is 5.92 Å². The molecule has 1 aromatic heterocycles. The fraction of sp³-hybridized carbons (Fsp3) is 0.438. The van der Waals surface area contributed by atoms with Crippen molar-refractivity contribution in [2.24, 2.45) is 0 Å². The van der Waals surface area contributed by atoms with Crippen LogP contribution in [0.1, 0.15) is 42.9 Å². The second kappa shape index (κ2) is 6.08. The van der Waals surface area contributed by atoms with E-state index in [9.17, 15) is 4.79 Å². The SMILES string of the molecule is C[C@H](C(=O)OCc1nnc2n1CCCC2)c1ccccc1. The highest BCUT2D eigenvalue weighted by atomic mass is 16.5. The van der Waals surface area contributed by atoms with Crippen LogP contribution in [-0.2, 0) is 29.1 Å². The molecule has 3 rings (SSSR count). The van der Waals surface area contributed by atoms with Crippen LogP contribution in [0.2, 0.25) is 0 Å². The predicted molar refractivity (Wildman–Crippen MR) is 77.6 cm³/mol. The van der Waals surface area contributed by atoms with E-state index in [0.717, 1.165) is 43.0 Å². The van der Waals surface area contributed by atoms with Gasteiger partial charge in [-0.15, -0.1) is 10.2 Å². The Labute approximate surface area is 124 Å². The first kappa shape index (κ1) is 13.8. The zero-order chi connectivity index (χ0) is 14.7. The molecule has 0 unspecified atom stereocenters. The molecule has 0 N–H and O–H groups in total. The molecule has 0 saturated carbocycles. The van der Waals surface area contributed by atoms with Gasteiger partial charge in [-0.2, -0.15) is 0 Å². The quantitative estimate of drug-likeness (QED) is 0.810. The number of carbonyl (C=O) groups is 1. The molecule has 2 aromatic rings. The molecule has 1 aliphatic rings. The average Bonchev–Trinajstić information content (AvgIpc) is 2.96. The number of aryl methyl sites for hydroxylation is 1. The van der Waals surface area contributed by atoms with Gasteiger partial charge in [-0.25, -0.2) is 0 Å². The topological polar surface area (TPSA) is 57.0 Å². The molecule has 110 valence electrons. The van der Waals surface area contributed by atoms with Gasteiger partial charge < -0.3 is 9.30 Å². The van der Waals surface area contributed by atoms with Crippen LogP contribution < -0.4 is 0 Å². The molecule has 5 heteroatoms. The Bertz CT molecular complexity index is 622. The third-order valence-corrected chi connectivity index (χ3v) is 3.93. The Morgan fingerprint density at radius 2 is 2.10 bits per heavy atom. The summed E-state index contributed by atoms with van der Waals surface area (Å²) in [6.45, 7) is 2.98. The second-order valence-corrected chi connectivity index (χ2v) is 5.38. The molecule has 0 fully saturated rings. The van der Waals surface area contributed by atoms with Crippen molar-refractivity contribution >= 4 is 5.97 Å². The van der Waals surface area contributed by atoms with Crippen LogP contribution >= 0.6 is 0 Å². The van der Waals surface area contributed by atoms with Crippen molar-refractivity contribution < 1.29 is 9.53 Å². The third-order valence-electron chi connectivity index (χ3n) is 3.93. The van der Waals surface area contributed by atoms with Gasteiger partial charge in [-0.05, 0) is 25.3 Å². The van der Waals surface area contributed by atoms with Crippen molar-refractivity contribution in [1.29, 1.82) is 0 Å². The summed E-state index contributed by atoms with van der Waals surface area (Å²) < 4.78 is 7.48. The maximum Gasteiger partial charge on any atom is 0.313 e. The fourth-order valence-electron chi connectivity index (χ4n) is 2.61. The lowest BCUT2D eigenvalue weighted by Crippen LogP contribution is -2.17. The number of hydrogen-bond donors (Lipinski definition) is 0. The highest BCUT2D eigenvalue weighted by Crippen LogP contribution is 2.18. The van der Waals surface area contributed by atoms with Crippen LogP contribution in [0.5, 0.6) is 0 Å². The van der Waals surface area contributed by atoms with Crippen LogP contribution in [0.3, 0.4) is 0 Å². The molecule has 0 saturated heterocycles. The van der Waals surface area contributed by atoms with Crippen molar-refractivity contribution in [3.8, 4) is 0 Å². The Morgan fingerprint density at radius 3 is 2.90 bits per heavy atom. The number of carbonyl (C=O) groups excluding carboxylic acids is 1. The lowest BCUT2D eigenvalue weighted by atomic mass is 10.0. The van der Waals surface area contributed by atoms with Gasteiger partial charge in [0.15, 0.2) is 12.4 Å². The Morgan fingerprint density at radius 1 is 1.29 bits per heavy atom. The van der Waals surface area contributed by atoms with E-state index < -0.39 is 0 Å². The van der Waals surface area contributed by atoms with Gasteiger partial charge in [0.1, 0.15) is 5.82 Å². The van der Waals surface area contributed by atoms with E-state index in [1.807, 2.05) is 37.3 Å². The summed E-state index contributed by atoms with van der Waals surface area (Å²) in [6, 6.07) is 9.65. The van der Waals surface area contributed by atoms with Gasteiger partial charge >= 0.3 is 5.97 Å². The Hall–Kier alpha value is -2.17. The summed E-state index contributed by atoms with van der Waals surface area (Å²) in [6.07, 6.45) is 3.25. The minimum atomic E-state index is -0.269. The highest BCUT2D eigenvalue weighted by Gasteiger charge is 2.20. The van der Waals surface area contributed by atoms with Gasteiger partial charge in [0, 0.05) is 13.0 Å². The average molecular weight is 285 g/mol. The summed E-state index contributed by atoms with van der Waals surface area (Å²) in [7, 11) is 0. The lowest BCUT2D eigenvalue weighted by molar-refractivity contribution is -0.146. The van der Waals surface area contributed by atoms with Crippen LogP contribution in [0.15, 0.2) is 30.3 Å². The maximum absolute atomic E-state index is 12.1. The molecule has 0 bridgehead atoms. The van der Waals surface area contributed by atoms with Crippen LogP contribution in [0, 0.1) is 0 Å². The normalized spacial score (nSPS) is 15.3. The first-order valence-electron chi connectivity index (χ1n) is 7.38. The van der Waals surface area contributed by atoms with Crippen LogP contribution in [0.4, 0.5) is 0 Å². The van der Waals surface area contributed by atoms with Gasteiger partial charge in [-0.1, -0.05) is 30.3 Å². The molecule has 1 aliphatic heterocycles. The van der Waals surface area contributed by atoms with Crippen molar-refractivity contribution in [2.45, 2.75) is 45.3 Å². The molecule has 2 heterocycles. The Balaban J connectivity index is 1.62. The van der Waals surface area contributed by atoms with E-state index in [1.54, 1.807) is 0 Å². The largest absolute Gasteiger partial charge is 0.457 e. The molecule has 5 nitrogen and oxygen atoms in total. The minimum absolute atomic E-state index is 0.197. The first-order chi connectivity index (χ1) is 10.3. The molecule has 21 heavy (non-hydrogen) atoms. The zero-order valence-electron chi connectivity index (χ0n) is 12.2. The minimum Gasteiger partial charge on any atom is -0.457 e.